The van der Waals surface area contributed by atoms with Gasteiger partial charge >= 0.3 is 0 Å². The molecule has 0 bridgehead atoms. The molecular weight excluding hydrogens is 182 g/mol. The summed E-state index contributed by atoms with van der Waals surface area (Å²) >= 11 is 0. The number of rotatable bonds is 3. The van der Waals surface area contributed by atoms with Gasteiger partial charge in [0, 0.05) is 25.1 Å². The Bertz CT molecular complexity index is 232. The molecule has 0 spiro atoms. The predicted octanol–water partition coefficient (Wildman–Crippen LogP) is -0.317. The van der Waals surface area contributed by atoms with Gasteiger partial charge in [-0.25, -0.2) is 0 Å². The number of aliphatic hydroxyl groups excluding tert-OH is 1. The van der Waals surface area contributed by atoms with Crippen LogP contribution < -0.4 is 5.73 Å². The Labute approximate surface area is 84.2 Å². The molecule has 2 atom stereocenters. The van der Waals surface area contributed by atoms with E-state index in [1.54, 1.807) is 0 Å². The van der Waals surface area contributed by atoms with Crippen molar-refractivity contribution in [2.45, 2.75) is 13.8 Å². The van der Waals surface area contributed by atoms with E-state index < -0.39 is 0 Å². The van der Waals surface area contributed by atoms with E-state index >= 15 is 0 Å². The van der Waals surface area contributed by atoms with Crippen LogP contribution >= 0.6 is 0 Å². The van der Waals surface area contributed by atoms with Crippen LogP contribution in [0.15, 0.2) is 5.16 Å². The molecule has 0 aromatic rings. The van der Waals surface area contributed by atoms with Crippen molar-refractivity contribution in [3.8, 4) is 0 Å². The van der Waals surface area contributed by atoms with Crippen LogP contribution in [-0.2, 0) is 0 Å². The number of oxime groups is 1. The van der Waals surface area contributed by atoms with Crippen molar-refractivity contribution in [1.82, 2.24) is 4.90 Å². The first kappa shape index (κ1) is 11.3. The molecule has 0 saturated carbocycles. The molecule has 5 nitrogen and oxygen atoms in total. The largest absolute Gasteiger partial charge is 0.409 e. The monoisotopic (exact) mass is 201 g/mol. The lowest BCUT2D eigenvalue weighted by atomic mass is 9.82. The maximum atomic E-state index is 9.27. The number of hydrogen-bond acceptors (Lipinski definition) is 4. The zero-order chi connectivity index (χ0) is 10.8. The smallest absolute Gasteiger partial charge is 0.153 e. The van der Waals surface area contributed by atoms with Crippen LogP contribution in [-0.4, -0.2) is 47.3 Å². The van der Waals surface area contributed by atoms with E-state index in [4.69, 9.17) is 10.9 Å². The van der Waals surface area contributed by atoms with E-state index in [1.165, 1.54) is 0 Å². The summed E-state index contributed by atoms with van der Waals surface area (Å²) in [5.74, 6) is 0.651. The molecule has 1 rings (SSSR count). The highest BCUT2D eigenvalue weighted by Crippen LogP contribution is 2.34. The average molecular weight is 201 g/mol. The van der Waals surface area contributed by atoms with Crippen molar-refractivity contribution in [1.29, 1.82) is 0 Å². The molecule has 5 heteroatoms. The van der Waals surface area contributed by atoms with Gasteiger partial charge in [0.2, 0.25) is 0 Å². The Balaban J connectivity index is 2.55. The van der Waals surface area contributed by atoms with Gasteiger partial charge in [-0.1, -0.05) is 19.0 Å². The van der Waals surface area contributed by atoms with Gasteiger partial charge in [-0.05, 0) is 5.92 Å². The normalized spacial score (nSPS) is 35.1. The van der Waals surface area contributed by atoms with Crippen LogP contribution in [0.2, 0.25) is 0 Å². The van der Waals surface area contributed by atoms with Crippen molar-refractivity contribution >= 4 is 5.84 Å². The third kappa shape index (κ3) is 2.16. The standard InChI is InChI=1S/C9H19N3O2/c1-7-3-12(4-8(10)11-14)5-9(7,2)6-13/h7,13-14H,3-6H2,1-2H3,(H2,10,11). The highest BCUT2D eigenvalue weighted by atomic mass is 16.4. The summed E-state index contributed by atoms with van der Waals surface area (Å²) in [5, 5.41) is 20.6. The van der Waals surface area contributed by atoms with Gasteiger partial charge in [-0.2, -0.15) is 0 Å². The third-order valence-corrected chi connectivity index (χ3v) is 3.18. The number of nitrogens with zero attached hydrogens (tertiary/aromatic N) is 2. The van der Waals surface area contributed by atoms with E-state index in [9.17, 15) is 5.11 Å². The zero-order valence-electron chi connectivity index (χ0n) is 8.77. The van der Waals surface area contributed by atoms with Crippen molar-refractivity contribution < 1.29 is 10.3 Å². The second-order valence-corrected chi connectivity index (χ2v) is 4.47. The molecule has 14 heavy (non-hydrogen) atoms. The van der Waals surface area contributed by atoms with Gasteiger partial charge < -0.3 is 16.0 Å². The summed E-state index contributed by atoms with van der Waals surface area (Å²) in [6, 6.07) is 0. The molecule has 82 valence electrons. The number of hydrogen-bond donors (Lipinski definition) is 3. The van der Waals surface area contributed by atoms with E-state index in [0.29, 0.717) is 12.5 Å². The summed E-state index contributed by atoms with van der Waals surface area (Å²) in [5.41, 5.74) is 5.36. The van der Waals surface area contributed by atoms with Gasteiger partial charge in [-0.15, -0.1) is 0 Å². The first-order valence-corrected chi connectivity index (χ1v) is 4.81. The highest BCUT2D eigenvalue weighted by Gasteiger charge is 2.39. The Morgan fingerprint density at radius 3 is 2.79 bits per heavy atom. The molecule has 2 unspecified atom stereocenters. The molecule has 0 aliphatic carbocycles. The van der Waals surface area contributed by atoms with Crippen LogP contribution in [0.3, 0.4) is 0 Å². The van der Waals surface area contributed by atoms with Gasteiger partial charge in [0.15, 0.2) is 5.84 Å². The van der Waals surface area contributed by atoms with Crippen LogP contribution in [0.25, 0.3) is 0 Å². The Kier molecular flexibility index (Phi) is 3.34. The first-order valence-electron chi connectivity index (χ1n) is 4.81. The Morgan fingerprint density at radius 1 is 1.71 bits per heavy atom. The first-order chi connectivity index (χ1) is 6.51. The van der Waals surface area contributed by atoms with E-state index in [0.717, 1.165) is 13.1 Å². The fourth-order valence-electron chi connectivity index (χ4n) is 1.93. The van der Waals surface area contributed by atoms with Crippen LogP contribution in [0, 0.1) is 11.3 Å². The summed E-state index contributed by atoms with van der Waals surface area (Å²) in [6.45, 7) is 6.50. The lowest BCUT2D eigenvalue weighted by Crippen LogP contribution is -2.34. The Morgan fingerprint density at radius 2 is 2.36 bits per heavy atom. The summed E-state index contributed by atoms with van der Waals surface area (Å²) < 4.78 is 0. The number of nitrogens with two attached hydrogens (primary N) is 1. The topological polar surface area (TPSA) is 82.1 Å². The number of aliphatic hydroxyl groups is 1. The number of likely N-dealkylation sites (tertiary alicyclic amines) is 1. The summed E-state index contributed by atoms with van der Waals surface area (Å²) in [6.07, 6.45) is 0. The SMILES string of the molecule is CC1CN(C/C(N)=N/O)CC1(C)CO. The van der Waals surface area contributed by atoms with Gasteiger partial charge in [0.25, 0.3) is 0 Å². The molecule has 1 fully saturated rings. The maximum absolute atomic E-state index is 9.27. The quantitative estimate of drug-likeness (QED) is 0.253. The fourth-order valence-corrected chi connectivity index (χ4v) is 1.93. The lowest BCUT2D eigenvalue weighted by molar-refractivity contribution is 0.118. The summed E-state index contributed by atoms with van der Waals surface area (Å²) in [7, 11) is 0. The van der Waals surface area contributed by atoms with Crippen molar-refractivity contribution in [3.05, 3.63) is 0 Å². The minimum atomic E-state index is -0.0598. The van der Waals surface area contributed by atoms with Crippen LogP contribution in [0.1, 0.15) is 13.8 Å². The molecule has 1 saturated heterocycles. The van der Waals surface area contributed by atoms with Crippen LogP contribution in [0.4, 0.5) is 0 Å². The Hall–Kier alpha value is -0.810. The van der Waals surface area contributed by atoms with Crippen LogP contribution in [0.5, 0.6) is 0 Å². The third-order valence-electron chi connectivity index (χ3n) is 3.18. The van der Waals surface area contributed by atoms with E-state index in [2.05, 4.69) is 23.9 Å². The predicted molar refractivity (Wildman–Crippen MR) is 54.2 cm³/mol. The molecule has 1 aliphatic heterocycles. The molecule has 0 aromatic heterocycles. The molecule has 4 N–H and O–H groups in total. The van der Waals surface area contributed by atoms with Crippen molar-refractivity contribution in [2.24, 2.45) is 22.2 Å². The molecule has 0 aromatic carbocycles. The molecule has 1 heterocycles. The van der Waals surface area contributed by atoms with Gasteiger partial charge in [0.1, 0.15) is 0 Å². The van der Waals surface area contributed by atoms with E-state index in [-0.39, 0.29) is 17.9 Å². The lowest BCUT2D eigenvalue weighted by Gasteiger charge is -2.25. The van der Waals surface area contributed by atoms with Crippen molar-refractivity contribution in [3.63, 3.8) is 0 Å². The molecule has 1 aliphatic rings. The highest BCUT2D eigenvalue weighted by molar-refractivity contribution is 5.81. The molecule has 0 amide bonds. The van der Waals surface area contributed by atoms with Gasteiger partial charge in [0.05, 0.1) is 6.54 Å². The van der Waals surface area contributed by atoms with E-state index in [1.807, 2.05) is 0 Å². The minimum absolute atomic E-state index is 0.0598. The summed E-state index contributed by atoms with van der Waals surface area (Å²) in [4.78, 5) is 2.09. The maximum Gasteiger partial charge on any atom is 0.153 e. The van der Waals surface area contributed by atoms with Crippen molar-refractivity contribution in [2.75, 3.05) is 26.2 Å². The average Bonchev–Trinajstić information content (AvgIpc) is 2.43. The number of amidine groups is 1. The molecular formula is C9H19N3O2. The second kappa shape index (κ2) is 4.14. The van der Waals surface area contributed by atoms with Gasteiger partial charge in [-0.3, -0.25) is 4.90 Å². The molecule has 0 radical (unpaired) electrons. The second-order valence-electron chi connectivity index (χ2n) is 4.47. The fraction of sp³-hybridized carbons (Fsp3) is 0.889. The zero-order valence-corrected chi connectivity index (χ0v) is 8.77. The minimum Gasteiger partial charge on any atom is -0.409 e.